The minimum atomic E-state index is -0.561. The minimum Gasteiger partial charge on any atom is -0.320 e. The summed E-state index contributed by atoms with van der Waals surface area (Å²) < 4.78 is 0. The zero-order valence-electron chi connectivity index (χ0n) is 10.5. The second-order valence-corrected chi connectivity index (χ2v) is 4.79. The lowest BCUT2D eigenvalue weighted by atomic mass is 10.1. The molecule has 0 spiro atoms. The number of carbonyl (C=O) groups is 1. The summed E-state index contributed by atoms with van der Waals surface area (Å²) in [6, 6.07) is 9.19. The number of amides is 1. The first-order valence-corrected chi connectivity index (χ1v) is 6.50. The first-order valence-electron chi connectivity index (χ1n) is 6.50. The van der Waals surface area contributed by atoms with Crippen molar-refractivity contribution in [3.8, 4) is 0 Å². The Labute approximate surface area is 107 Å². The van der Waals surface area contributed by atoms with Crippen molar-refractivity contribution in [2.45, 2.75) is 44.2 Å². The predicted octanol–water partition coefficient (Wildman–Crippen LogP) is 1.55. The second kappa shape index (κ2) is 6.52. The zero-order valence-corrected chi connectivity index (χ0v) is 10.5. The number of rotatable bonds is 5. The van der Waals surface area contributed by atoms with E-state index in [-0.39, 0.29) is 12.0 Å². The van der Waals surface area contributed by atoms with Gasteiger partial charge in [0.2, 0.25) is 0 Å². The maximum absolute atomic E-state index is 11.7. The van der Waals surface area contributed by atoms with Crippen LogP contribution in [0.15, 0.2) is 30.3 Å². The van der Waals surface area contributed by atoms with Crippen LogP contribution in [-0.2, 0) is 16.1 Å². The highest BCUT2D eigenvalue weighted by Crippen LogP contribution is 2.19. The summed E-state index contributed by atoms with van der Waals surface area (Å²) >= 11 is 0. The highest BCUT2D eigenvalue weighted by Gasteiger charge is 2.19. The van der Waals surface area contributed by atoms with Crippen molar-refractivity contribution in [2.75, 3.05) is 0 Å². The lowest BCUT2D eigenvalue weighted by molar-refractivity contribution is -0.139. The normalized spacial score (nSPS) is 17.6. The molecular weight excluding hydrogens is 228 g/mol. The van der Waals surface area contributed by atoms with E-state index in [0.717, 1.165) is 18.4 Å². The third kappa shape index (κ3) is 3.82. The lowest BCUT2D eigenvalue weighted by Crippen LogP contribution is -2.43. The fourth-order valence-electron chi connectivity index (χ4n) is 2.18. The van der Waals surface area contributed by atoms with Crippen molar-refractivity contribution in [3.63, 3.8) is 0 Å². The number of hydrogen-bond acceptors (Lipinski definition) is 3. The molecular formula is C14H20N2O2. The molecule has 98 valence electrons. The third-order valence-electron chi connectivity index (χ3n) is 3.26. The molecule has 0 unspecified atom stereocenters. The summed E-state index contributed by atoms with van der Waals surface area (Å²) in [4.78, 5) is 17.1. The van der Waals surface area contributed by atoms with Gasteiger partial charge in [-0.1, -0.05) is 43.2 Å². The molecule has 0 aromatic heterocycles. The molecule has 1 aliphatic rings. The molecule has 0 aliphatic heterocycles. The van der Waals surface area contributed by atoms with Crippen molar-refractivity contribution in [2.24, 2.45) is 5.73 Å². The fourth-order valence-corrected chi connectivity index (χ4v) is 2.18. The van der Waals surface area contributed by atoms with Gasteiger partial charge in [-0.3, -0.25) is 9.63 Å². The van der Waals surface area contributed by atoms with Gasteiger partial charge in [0.05, 0.1) is 12.1 Å². The van der Waals surface area contributed by atoms with E-state index >= 15 is 0 Å². The third-order valence-corrected chi connectivity index (χ3v) is 3.26. The highest BCUT2D eigenvalue weighted by molar-refractivity contribution is 5.80. The van der Waals surface area contributed by atoms with Crippen molar-refractivity contribution >= 4 is 5.91 Å². The molecule has 1 fully saturated rings. The average Bonchev–Trinajstić information content (AvgIpc) is 2.90. The Hall–Kier alpha value is -1.39. The van der Waals surface area contributed by atoms with E-state index in [1.807, 2.05) is 30.3 Å². The maximum Gasteiger partial charge on any atom is 0.260 e. The first kappa shape index (κ1) is 13.1. The Morgan fingerprint density at radius 2 is 2.00 bits per heavy atom. The van der Waals surface area contributed by atoms with Gasteiger partial charge in [-0.05, 0) is 24.8 Å². The smallest absolute Gasteiger partial charge is 0.260 e. The van der Waals surface area contributed by atoms with E-state index < -0.39 is 6.04 Å². The summed E-state index contributed by atoms with van der Waals surface area (Å²) in [6.45, 7) is 0. The molecule has 3 N–H and O–H groups in total. The Morgan fingerprint density at radius 1 is 1.33 bits per heavy atom. The molecule has 0 saturated heterocycles. The minimum absolute atomic E-state index is 0.165. The highest BCUT2D eigenvalue weighted by atomic mass is 16.7. The van der Waals surface area contributed by atoms with Gasteiger partial charge in [0, 0.05) is 0 Å². The number of benzene rings is 1. The van der Waals surface area contributed by atoms with Crippen molar-refractivity contribution in [1.29, 1.82) is 0 Å². The van der Waals surface area contributed by atoms with E-state index in [4.69, 9.17) is 10.6 Å². The molecule has 1 atom stereocenters. The van der Waals surface area contributed by atoms with Gasteiger partial charge in [0.25, 0.3) is 5.91 Å². The Morgan fingerprint density at radius 3 is 2.67 bits per heavy atom. The Bertz CT molecular complexity index is 375. The molecule has 1 aliphatic carbocycles. The van der Waals surface area contributed by atoms with Crippen LogP contribution in [0, 0.1) is 0 Å². The van der Waals surface area contributed by atoms with Gasteiger partial charge in [0.15, 0.2) is 0 Å². The number of hydrogen-bond donors (Lipinski definition) is 2. The molecule has 1 amide bonds. The monoisotopic (exact) mass is 248 g/mol. The standard InChI is InChI=1S/C14H20N2O2/c15-13(10-11-6-2-1-3-7-11)14(17)16-18-12-8-4-5-9-12/h1-3,6-7,12-13H,4-5,8-10,15H2,(H,16,17)/t13-/m1/s1. The molecule has 4 nitrogen and oxygen atoms in total. The summed E-state index contributed by atoms with van der Waals surface area (Å²) in [5, 5.41) is 0. The van der Waals surface area contributed by atoms with E-state index in [2.05, 4.69) is 5.48 Å². The van der Waals surface area contributed by atoms with Crippen molar-refractivity contribution < 1.29 is 9.63 Å². The van der Waals surface area contributed by atoms with E-state index in [1.165, 1.54) is 12.8 Å². The van der Waals surface area contributed by atoms with Crippen LogP contribution in [0.5, 0.6) is 0 Å². The molecule has 4 heteroatoms. The summed E-state index contributed by atoms with van der Waals surface area (Å²) in [5.74, 6) is -0.245. The molecule has 2 rings (SSSR count). The quantitative estimate of drug-likeness (QED) is 0.777. The SMILES string of the molecule is N[C@H](Cc1ccccc1)C(=O)NOC1CCCC1. The molecule has 0 heterocycles. The van der Waals surface area contributed by atoms with Crippen LogP contribution in [0.2, 0.25) is 0 Å². The zero-order chi connectivity index (χ0) is 12.8. The lowest BCUT2D eigenvalue weighted by Gasteiger charge is -2.15. The Kier molecular flexibility index (Phi) is 4.73. The van der Waals surface area contributed by atoms with Gasteiger partial charge in [-0.2, -0.15) is 0 Å². The van der Waals surface area contributed by atoms with Crippen LogP contribution in [0.25, 0.3) is 0 Å². The van der Waals surface area contributed by atoms with Crippen LogP contribution in [-0.4, -0.2) is 18.1 Å². The number of nitrogens with one attached hydrogen (secondary N) is 1. The molecule has 0 radical (unpaired) electrons. The predicted molar refractivity (Wildman–Crippen MR) is 69.6 cm³/mol. The van der Waals surface area contributed by atoms with Gasteiger partial charge >= 0.3 is 0 Å². The van der Waals surface area contributed by atoms with Crippen LogP contribution in [0.4, 0.5) is 0 Å². The van der Waals surface area contributed by atoms with Crippen LogP contribution >= 0.6 is 0 Å². The van der Waals surface area contributed by atoms with E-state index in [9.17, 15) is 4.79 Å². The van der Waals surface area contributed by atoms with Gasteiger partial charge in [0.1, 0.15) is 0 Å². The molecule has 1 saturated carbocycles. The van der Waals surface area contributed by atoms with E-state index in [1.54, 1.807) is 0 Å². The first-order chi connectivity index (χ1) is 8.75. The number of carbonyl (C=O) groups excluding carboxylic acids is 1. The number of hydroxylamine groups is 1. The molecule has 18 heavy (non-hydrogen) atoms. The number of nitrogens with two attached hydrogens (primary N) is 1. The van der Waals surface area contributed by atoms with Gasteiger partial charge in [-0.25, -0.2) is 5.48 Å². The van der Waals surface area contributed by atoms with Crippen molar-refractivity contribution in [1.82, 2.24) is 5.48 Å². The Balaban J connectivity index is 1.74. The topological polar surface area (TPSA) is 64.4 Å². The molecule has 1 aromatic rings. The van der Waals surface area contributed by atoms with Crippen LogP contribution in [0.3, 0.4) is 0 Å². The summed E-state index contributed by atoms with van der Waals surface area (Å²) in [7, 11) is 0. The van der Waals surface area contributed by atoms with Crippen LogP contribution < -0.4 is 11.2 Å². The van der Waals surface area contributed by atoms with Gasteiger partial charge < -0.3 is 5.73 Å². The largest absolute Gasteiger partial charge is 0.320 e. The van der Waals surface area contributed by atoms with Crippen molar-refractivity contribution in [3.05, 3.63) is 35.9 Å². The summed E-state index contributed by atoms with van der Waals surface area (Å²) in [6.07, 6.45) is 5.09. The fraction of sp³-hybridized carbons (Fsp3) is 0.500. The summed E-state index contributed by atoms with van der Waals surface area (Å²) in [5.41, 5.74) is 9.38. The molecule has 0 bridgehead atoms. The average molecular weight is 248 g/mol. The van der Waals surface area contributed by atoms with Gasteiger partial charge in [-0.15, -0.1) is 0 Å². The second-order valence-electron chi connectivity index (χ2n) is 4.79. The maximum atomic E-state index is 11.7. The van der Waals surface area contributed by atoms with Crippen LogP contribution in [0.1, 0.15) is 31.2 Å². The molecule has 1 aromatic carbocycles. The van der Waals surface area contributed by atoms with E-state index in [0.29, 0.717) is 6.42 Å².